The Morgan fingerprint density at radius 2 is 2.00 bits per heavy atom. The summed E-state index contributed by atoms with van der Waals surface area (Å²) in [4.78, 5) is 11.8. The van der Waals surface area contributed by atoms with E-state index in [1.54, 1.807) is 6.07 Å². The van der Waals surface area contributed by atoms with Crippen molar-refractivity contribution in [2.45, 2.75) is 38.4 Å². The molecule has 3 nitrogen and oxygen atoms in total. The topological polar surface area (TPSA) is 41.1 Å². The third kappa shape index (κ3) is 5.33. The largest absolute Gasteiger partial charge is 0.416 e. The molecule has 1 aliphatic rings. The number of amides is 1. The van der Waals surface area contributed by atoms with Crippen LogP contribution in [0, 0.1) is 5.92 Å². The van der Waals surface area contributed by atoms with Gasteiger partial charge in [-0.25, -0.2) is 0 Å². The van der Waals surface area contributed by atoms with Crippen molar-refractivity contribution in [1.82, 2.24) is 10.6 Å². The smallest absolute Gasteiger partial charge is 0.352 e. The molecule has 6 heteroatoms. The van der Waals surface area contributed by atoms with Crippen LogP contribution in [0.1, 0.15) is 36.8 Å². The van der Waals surface area contributed by atoms with Gasteiger partial charge in [0.1, 0.15) is 0 Å². The molecule has 2 N–H and O–H groups in total. The Kier molecular flexibility index (Phi) is 5.83. The zero-order valence-corrected chi connectivity index (χ0v) is 12.4. The number of hydrogen-bond acceptors (Lipinski definition) is 2. The molecule has 0 unspecified atom stereocenters. The number of alkyl halides is 3. The van der Waals surface area contributed by atoms with E-state index in [1.807, 2.05) is 0 Å². The van der Waals surface area contributed by atoms with Crippen LogP contribution in [0.2, 0.25) is 0 Å². The fraction of sp³-hybridized carbons (Fsp3) is 0.562. The van der Waals surface area contributed by atoms with Gasteiger partial charge >= 0.3 is 6.18 Å². The lowest BCUT2D eigenvalue weighted by molar-refractivity contribution is -0.137. The number of rotatable bonds is 5. The normalized spacial score (nSPS) is 16.5. The number of carbonyl (C=O) groups is 1. The van der Waals surface area contributed by atoms with Crippen molar-refractivity contribution >= 4 is 5.91 Å². The minimum absolute atomic E-state index is 0.101. The molecular formula is C16H21F3N2O. The molecule has 1 aliphatic heterocycles. The minimum atomic E-state index is -4.35. The van der Waals surface area contributed by atoms with Gasteiger partial charge in [-0.2, -0.15) is 13.2 Å². The molecule has 22 heavy (non-hydrogen) atoms. The third-order valence-electron chi connectivity index (χ3n) is 3.98. The Morgan fingerprint density at radius 3 is 2.68 bits per heavy atom. The van der Waals surface area contributed by atoms with E-state index in [2.05, 4.69) is 10.6 Å². The first-order valence-electron chi connectivity index (χ1n) is 7.58. The van der Waals surface area contributed by atoms with Crippen molar-refractivity contribution < 1.29 is 18.0 Å². The van der Waals surface area contributed by atoms with Crippen LogP contribution in [0.5, 0.6) is 0 Å². The van der Waals surface area contributed by atoms with Gasteiger partial charge in [-0.05, 0) is 56.0 Å². The van der Waals surface area contributed by atoms with Crippen LogP contribution in [0.3, 0.4) is 0 Å². The van der Waals surface area contributed by atoms with Gasteiger partial charge in [0, 0.05) is 13.0 Å². The lowest BCUT2D eigenvalue weighted by Crippen LogP contribution is -2.29. The summed E-state index contributed by atoms with van der Waals surface area (Å²) in [6.07, 6.45) is -0.906. The molecular weight excluding hydrogens is 293 g/mol. The summed E-state index contributed by atoms with van der Waals surface area (Å²) in [5.74, 6) is 0.469. The van der Waals surface area contributed by atoms with Crippen LogP contribution in [0.15, 0.2) is 24.3 Å². The number of hydrogen-bond donors (Lipinski definition) is 2. The van der Waals surface area contributed by atoms with E-state index in [0.717, 1.165) is 44.5 Å². The van der Waals surface area contributed by atoms with Crippen LogP contribution in [-0.4, -0.2) is 19.0 Å². The van der Waals surface area contributed by atoms with E-state index < -0.39 is 11.7 Å². The summed E-state index contributed by atoms with van der Waals surface area (Å²) < 4.78 is 37.8. The molecule has 0 aliphatic carbocycles. The molecule has 1 aromatic carbocycles. The Morgan fingerprint density at radius 1 is 1.27 bits per heavy atom. The predicted molar refractivity (Wildman–Crippen MR) is 78.1 cm³/mol. The van der Waals surface area contributed by atoms with Gasteiger partial charge in [-0.1, -0.05) is 12.1 Å². The van der Waals surface area contributed by atoms with Crippen molar-refractivity contribution in [2.24, 2.45) is 5.92 Å². The van der Waals surface area contributed by atoms with Gasteiger partial charge in [0.15, 0.2) is 0 Å². The molecule has 0 saturated carbocycles. The van der Waals surface area contributed by atoms with Crippen molar-refractivity contribution in [3.8, 4) is 0 Å². The highest BCUT2D eigenvalue weighted by Gasteiger charge is 2.30. The van der Waals surface area contributed by atoms with Crippen molar-refractivity contribution in [1.29, 1.82) is 0 Å². The Hall–Kier alpha value is -1.56. The molecule has 2 rings (SSSR count). The quantitative estimate of drug-likeness (QED) is 0.877. The predicted octanol–water partition coefficient (Wildman–Crippen LogP) is 3.10. The maximum absolute atomic E-state index is 12.6. The van der Waals surface area contributed by atoms with Gasteiger partial charge in [0.2, 0.25) is 5.91 Å². The van der Waals surface area contributed by atoms with Crippen molar-refractivity contribution in [2.75, 3.05) is 13.1 Å². The average Bonchev–Trinajstić information content (AvgIpc) is 2.51. The fourth-order valence-electron chi connectivity index (χ4n) is 2.65. The van der Waals surface area contributed by atoms with Gasteiger partial charge in [0.05, 0.1) is 5.56 Å². The van der Waals surface area contributed by atoms with E-state index in [0.29, 0.717) is 17.9 Å². The van der Waals surface area contributed by atoms with Crippen LogP contribution in [-0.2, 0) is 17.5 Å². The van der Waals surface area contributed by atoms with Gasteiger partial charge < -0.3 is 10.6 Å². The molecule has 1 amide bonds. The Balaban J connectivity index is 1.76. The third-order valence-corrected chi connectivity index (χ3v) is 3.98. The van der Waals surface area contributed by atoms with Crippen molar-refractivity contribution in [3.63, 3.8) is 0 Å². The van der Waals surface area contributed by atoms with Gasteiger partial charge in [-0.15, -0.1) is 0 Å². The molecule has 122 valence electrons. The second-order valence-electron chi connectivity index (χ2n) is 5.71. The standard InChI is InChI=1S/C16H21F3N2O/c17-16(18,19)14-3-1-2-13(10-14)11-21-15(22)5-4-12-6-8-20-9-7-12/h1-3,10,12,20H,4-9,11H2,(H,21,22). The van der Waals surface area contributed by atoms with E-state index in [-0.39, 0.29) is 12.5 Å². The number of piperidine rings is 1. The van der Waals surface area contributed by atoms with Gasteiger partial charge in [-0.3, -0.25) is 4.79 Å². The second kappa shape index (κ2) is 7.63. The highest BCUT2D eigenvalue weighted by atomic mass is 19.4. The van der Waals surface area contributed by atoms with E-state index in [1.165, 1.54) is 6.07 Å². The Bertz CT molecular complexity index is 496. The van der Waals surface area contributed by atoms with E-state index in [9.17, 15) is 18.0 Å². The first-order chi connectivity index (χ1) is 10.4. The highest BCUT2D eigenvalue weighted by Crippen LogP contribution is 2.29. The van der Waals surface area contributed by atoms with Gasteiger partial charge in [0.25, 0.3) is 0 Å². The maximum atomic E-state index is 12.6. The molecule has 0 atom stereocenters. The zero-order chi connectivity index (χ0) is 16.0. The van der Waals surface area contributed by atoms with Crippen LogP contribution in [0.4, 0.5) is 13.2 Å². The molecule has 0 spiro atoms. The molecule has 0 bridgehead atoms. The van der Waals surface area contributed by atoms with Crippen molar-refractivity contribution in [3.05, 3.63) is 35.4 Å². The minimum Gasteiger partial charge on any atom is -0.352 e. The lowest BCUT2D eigenvalue weighted by atomic mass is 9.93. The number of nitrogens with one attached hydrogen (secondary N) is 2. The lowest BCUT2D eigenvalue weighted by Gasteiger charge is -2.22. The summed E-state index contributed by atoms with van der Waals surface area (Å²) in [5.41, 5.74) is -0.223. The SMILES string of the molecule is O=C(CCC1CCNCC1)NCc1cccc(C(F)(F)F)c1. The monoisotopic (exact) mass is 314 g/mol. The zero-order valence-electron chi connectivity index (χ0n) is 12.4. The summed E-state index contributed by atoms with van der Waals surface area (Å²) in [6, 6.07) is 5.05. The number of halogens is 3. The van der Waals surface area contributed by atoms with Crippen LogP contribution in [0.25, 0.3) is 0 Å². The molecule has 0 aromatic heterocycles. The van der Waals surface area contributed by atoms with Crippen LogP contribution < -0.4 is 10.6 Å². The van der Waals surface area contributed by atoms with Crippen LogP contribution >= 0.6 is 0 Å². The molecule has 1 heterocycles. The Labute approximate surface area is 128 Å². The number of carbonyl (C=O) groups excluding carboxylic acids is 1. The fourth-order valence-corrected chi connectivity index (χ4v) is 2.65. The number of benzene rings is 1. The molecule has 1 fully saturated rings. The highest BCUT2D eigenvalue weighted by molar-refractivity contribution is 5.75. The summed E-state index contributed by atoms with van der Waals surface area (Å²) >= 11 is 0. The summed E-state index contributed by atoms with van der Waals surface area (Å²) in [6.45, 7) is 2.13. The van der Waals surface area contributed by atoms with E-state index in [4.69, 9.17) is 0 Å². The maximum Gasteiger partial charge on any atom is 0.416 e. The second-order valence-corrected chi connectivity index (χ2v) is 5.71. The molecule has 1 saturated heterocycles. The summed E-state index contributed by atoms with van der Waals surface area (Å²) in [5, 5.41) is 5.97. The molecule has 0 radical (unpaired) electrons. The van der Waals surface area contributed by atoms with E-state index >= 15 is 0 Å². The summed E-state index contributed by atoms with van der Waals surface area (Å²) in [7, 11) is 0. The molecule has 1 aromatic rings. The first kappa shape index (κ1) is 16.8. The average molecular weight is 314 g/mol. The first-order valence-corrected chi connectivity index (χ1v) is 7.58.